The van der Waals surface area contributed by atoms with Crippen molar-refractivity contribution in [1.29, 1.82) is 0 Å². The molecule has 4 heteroatoms. The minimum atomic E-state index is -0.0305. The van der Waals surface area contributed by atoms with Crippen molar-refractivity contribution < 1.29 is 4.79 Å². The van der Waals surface area contributed by atoms with Gasteiger partial charge in [-0.05, 0) is 44.7 Å². The maximum absolute atomic E-state index is 12.6. The molecule has 112 valence electrons. The van der Waals surface area contributed by atoms with Gasteiger partial charge in [-0.15, -0.1) is 11.3 Å². The van der Waals surface area contributed by atoms with Gasteiger partial charge in [-0.25, -0.2) is 0 Å². The van der Waals surface area contributed by atoms with Gasteiger partial charge in [-0.1, -0.05) is 20.8 Å². The van der Waals surface area contributed by atoms with Gasteiger partial charge >= 0.3 is 0 Å². The first-order valence-corrected chi connectivity index (χ1v) is 8.40. The Morgan fingerprint density at radius 2 is 2.05 bits per heavy atom. The Labute approximate surface area is 126 Å². The Morgan fingerprint density at radius 3 is 2.55 bits per heavy atom. The fraction of sp³-hybridized carbons (Fsp3) is 0.688. The zero-order valence-electron chi connectivity index (χ0n) is 13.1. The van der Waals surface area contributed by atoms with E-state index in [0.29, 0.717) is 5.92 Å². The first-order valence-electron chi connectivity index (χ1n) is 7.58. The predicted molar refractivity (Wildman–Crippen MR) is 84.8 cm³/mol. The quantitative estimate of drug-likeness (QED) is 0.898. The van der Waals surface area contributed by atoms with Crippen LogP contribution in [-0.4, -0.2) is 22.9 Å². The monoisotopic (exact) mass is 294 g/mol. The third-order valence-electron chi connectivity index (χ3n) is 3.92. The van der Waals surface area contributed by atoms with E-state index in [1.54, 1.807) is 11.3 Å². The molecule has 20 heavy (non-hydrogen) atoms. The zero-order chi connectivity index (χ0) is 14.9. The maximum atomic E-state index is 12.6. The molecule has 1 aromatic rings. The third kappa shape index (κ3) is 3.07. The van der Waals surface area contributed by atoms with Crippen LogP contribution in [0.25, 0.3) is 0 Å². The molecule has 3 unspecified atom stereocenters. The Balaban J connectivity index is 2.25. The van der Waals surface area contributed by atoms with Crippen LogP contribution in [0, 0.1) is 12.8 Å². The van der Waals surface area contributed by atoms with Crippen molar-refractivity contribution in [1.82, 2.24) is 10.2 Å². The van der Waals surface area contributed by atoms with Crippen LogP contribution < -0.4 is 5.32 Å². The predicted octanol–water partition coefficient (Wildman–Crippen LogP) is 3.70. The summed E-state index contributed by atoms with van der Waals surface area (Å²) in [5.41, 5.74) is 0. The lowest BCUT2D eigenvalue weighted by molar-refractivity contribution is -0.132. The molecule has 0 radical (unpaired) electrons. The van der Waals surface area contributed by atoms with Gasteiger partial charge in [-0.3, -0.25) is 10.1 Å². The topological polar surface area (TPSA) is 32.3 Å². The number of carbonyl (C=O) groups excluding carboxylic acids is 1. The van der Waals surface area contributed by atoms with Crippen molar-refractivity contribution in [2.45, 2.75) is 65.7 Å². The summed E-state index contributed by atoms with van der Waals surface area (Å²) in [6.07, 6.45) is 1.95. The summed E-state index contributed by atoms with van der Waals surface area (Å²) in [4.78, 5) is 17.2. The Morgan fingerprint density at radius 1 is 1.35 bits per heavy atom. The molecule has 1 saturated heterocycles. The molecule has 1 aliphatic rings. The van der Waals surface area contributed by atoms with E-state index in [1.807, 2.05) is 0 Å². The Bertz CT molecular complexity index is 469. The van der Waals surface area contributed by atoms with Crippen molar-refractivity contribution in [3.8, 4) is 0 Å². The highest BCUT2D eigenvalue weighted by Crippen LogP contribution is 2.33. The van der Waals surface area contributed by atoms with E-state index in [1.165, 1.54) is 9.75 Å². The summed E-state index contributed by atoms with van der Waals surface area (Å²) in [5, 5.41) is 3.51. The highest BCUT2D eigenvalue weighted by molar-refractivity contribution is 7.12. The lowest BCUT2D eigenvalue weighted by atomic mass is 10.0. The highest BCUT2D eigenvalue weighted by atomic mass is 32.1. The van der Waals surface area contributed by atoms with Crippen molar-refractivity contribution >= 4 is 17.2 Å². The first kappa shape index (κ1) is 15.5. The van der Waals surface area contributed by atoms with E-state index >= 15 is 0 Å². The second kappa shape index (κ2) is 6.27. The van der Waals surface area contributed by atoms with Crippen molar-refractivity contribution in [3.63, 3.8) is 0 Å². The molecule has 1 aromatic heterocycles. The first-order chi connectivity index (χ1) is 9.43. The minimum Gasteiger partial charge on any atom is -0.318 e. The Kier molecular flexibility index (Phi) is 4.86. The van der Waals surface area contributed by atoms with Gasteiger partial charge in [0.1, 0.15) is 6.17 Å². The molecule has 1 aliphatic heterocycles. The molecule has 0 spiro atoms. The number of rotatable bonds is 5. The molecule has 3 atom stereocenters. The summed E-state index contributed by atoms with van der Waals surface area (Å²) in [7, 11) is 0. The van der Waals surface area contributed by atoms with Crippen LogP contribution in [0.5, 0.6) is 0 Å². The van der Waals surface area contributed by atoms with Crippen molar-refractivity contribution in [2.24, 2.45) is 5.92 Å². The number of thiophene rings is 1. The number of carbonyl (C=O) groups is 1. The highest BCUT2D eigenvalue weighted by Gasteiger charge is 2.41. The number of hydrogen-bond donors (Lipinski definition) is 1. The third-order valence-corrected chi connectivity index (χ3v) is 4.97. The standard InChI is InChI=1S/C16H26N2OS/c1-6-13-16(19)18(11(4)9-10(2)3)15(17-13)14-8-7-12(5)20-14/h7-8,10-11,13,15,17H,6,9H2,1-5H3. The van der Waals surface area contributed by atoms with Gasteiger partial charge in [0, 0.05) is 15.8 Å². The van der Waals surface area contributed by atoms with Gasteiger partial charge in [0.25, 0.3) is 0 Å². The zero-order valence-corrected chi connectivity index (χ0v) is 14.0. The second-order valence-corrected chi connectivity index (χ2v) is 7.52. The smallest absolute Gasteiger partial charge is 0.241 e. The van der Waals surface area contributed by atoms with Gasteiger partial charge in [0.2, 0.25) is 5.91 Å². The second-order valence-electron chi connectivity index (χ2n) is 6.20. The van der Waals surface area contributed by atoms with Crippen LogP contribution in [0.2, 0.25) is 0 Å². The number of nitrogens with one attached hydrogen (secondary N) is 1. The van der Waals surface area contributed by atoms with E-state index in [4.69, 9.17) is 0 Å². The fourth-order valence-electron chi connectivity index (χ4n) is 3.03. The lowest BCUT2D eigenvalue weighted by Gasteiger charge is -2.31. The average Bonchev–Trinajstić information content (AvgIpc) is 2.92. The largest absolute Gasteiger partial charge is 0.318 e. The summed E-state index contributed by atoms with van der Waals surface area (Å²) >= 11 is 1.78. The summed E-state index contributed by atoms with van der Waals surface area (Å²) in [6.45, 7) is 10.8. The van der Waals surface area contributed by atoms with Crippen LogP contribution in [0.1, 0.15) is 56.5 Å². The molecular formula is C16H26N2OS. The van der Waals surface area contributed by atoms with Gasteiger partial charge in [-0.2, -0.15) is 0 Å². The molecule has 0 aliphatic carbocycles. The van der Waals surface area contributed by atoms with E-state index in [-0.39, 0.29) is 24.2 Å². The number of hydrogen-bond acceptors (Lipinski definition) is 3. The summed E-state index contributed by atoms with van der Waals surface area (Å²) in [6, 6.07) is 4.53. The molecule has 0 saturated carbocycles. The number of amides is 1. The molecule has 1 amide bonds. The molecule has 0 aromatic carbocycles. The maximum Gasteiger partial charge on any atom is 0.241 e. The van der Waals surface area contributed by atoms with E-state index in [0.717, 1.165) is 12.8 Å². The molecular weight excluding hydrogens is 268 g/mol. The van der Waals surface area contributed by atoms with Crippen molar-refractivity contribution in [3.05, 3.63) is 21.9 Å². The molecule has 3 nitrogen and oxygen atoms in total. The van der Waals surface area contributed by atoms with Crippen LogP contribution >= 0.6 is 11.3 Å². The molecule has 1 fully saturated rings. The SMILES string of the molecule is CCC1NC(c2ccc(C)s2)N(C(C)CC(C)C)C1=O. The van der Waals surface area contributed by atoms with Crippen molar-refractivity contribution in [2.75, 3.05) is 0 Å². The molecule has 1 N–H and O–H groups in total. The van der Waals surface area contributed by atoms with Gasteiger partial charge in [0.05, 0.1) is 6.04 Å². The molecule has 2 rings (SSSR count). The van der Waals surface area contributed by atoms with E-state index in [9.17, 15) is 4.79 Å². The molecule has 0 bridgehead atoms. The van der Waals surface area contributed by atoms with Crippen LogP contribution in [0.4, 0.5) is 0 Å². The summed E-state index contributed by atoms with van der Waals surface area (Å²) in [5.74, 6) is 0.862. The van der Waals surface area contributed by atoms with E-state index < -0.39 is 0 Å². The Hall–Kier alpha value is -0.870. The van der Waals surface area contributed by atoms with Crippen LogP contribution in [0.3, 0.4) is 0 Å². The fourth-order valence-corrected chi connectivity index (χ4v) is 3.97. The number of nitrogens with zero attached hydrogens (tertiary/aromatic N) is 1. The number of aryl methyl sites for hydroxylation is 1. The molecule has 2 heterocycles. The van der Waals surface area contributed by atoms with Gasteiger partial charge in [0.15, 0.2) is 0 Å². The summed E-state index contributed by atoms with van der Waals surface area (Å²) < 4.78 is 0. The van der Waals surface area contributed by atoms with E-state index in [2.05, 4.69) is 57.0 Å². The normalized spacial score (nSPS) is 24.7. The van der Waals surface area contributed by atoms with Crippen LogP contribution in [-0.2, 0) is 4.79 Å². The lowest BCUT2D eigenvalue weighted by Crippen LogP contribution is -2.39. The average molecular weight is 294 g/mol. The minimum absolute atomic E-state index is 0.0305. The van der Waals surface area contributed by atoms with Crippen LogP contribution in [0.15, 0.2) is 12.1 Å². The van der Waals surface area contributed by atoms with Gasteiger partial charge < -0.3 is 4.90 Å².